The van der Waals surface area contributed by atoms with Crippen molar-refractivity contribution in [1.82, 2.24) is 15.5 Å². The summed E-state index contributed by atoms with van der Waals surface area (Å²) in [5.74, 6) is -0.175. The molecule has 0 aliphatic carbocycles. The number of benzene rings is 1. The van der Waals surface area contributed by atoms with E-state index in [0.717, 1.165) is 45.8 Å². The van der Waals surface area contributed by atoms with Crippen LogP contribution in [0.5, 0.6) is 0 Å². The molecule has 5 nitrogen and oxygen atoms in total. The maximum Gasteiger partial charge on any atom is 0.257 e. The Balaban J connectivity index is 1.69. The topological polar surface area (TPSA) is 53.6 Å². The summed E-state index contributed by atoms with van der Waals surface area (Å²) < 4.78 is 5.33. The first-order valence-corrected chi connectivity index (χ1v) is 9.27. The van der Waals surface area contributed by atoms with Crippen molar-refractivity contribution in [3.05, 3.63) is 35.4 Å². The third-order valence-electron chi connectivity index (χ3n) is 4.28. The van der Waals surface area contributed by atoms with Crippen LogP contribution in [0, 0.1) is 0 Å². The van der Waals surface area contributed by atoms with Crippen LogP contribution < -0.4 is 10.6 Å². The largest absolute Gasteiger partial charge is 0.379 e. The summed E-state index contributed by atoms with van der Waals surface area (Å²) in [5.41, 5.74) is 1.89. The van der Waals surface area contributed by atoms with Crippen LogP contribution in [0.1, 0.15) is 43.1 Å². The highest BCUT2D eigenvalue weighted by Crippen LogP contribution is 2.22. The van der Waals surface area contributed by atoms with Crippen molar-refractivity contribution >= 4 is 23.2 Å². The molecule has 1 aromatic rings. The van der Waals surface area contributed by atoms with E-state index < -0.39 is 0 Å². The predicted octanol–water partition coefficient (Wildman–Crippen LogP) is 2.31. The maximum absolute atomic E-state index is 12.2. The van der Waals surface area contributed by atoms with Crippen LogP contribution in [0.3, 0.4) is 0 Å². The second kappa shape index (κ2) is 9.27. The van der Waals surface area contributed by atoms with Crippen LogP contribution in [0.25, 0.3) is 0 Å². The van der Waals surface area contributed by atoms with Gasteiger partial charge in [0, 0.05) is 25.2 Å². The standard InChI is InChI=1S/C19H29N3O2S/c1-19(2,3)16-7-5-15(6-8-16)17(23)21-18(25)20-9-4-10-22-11-13-24-14-12-22/h5-8H,4,9-14H2,1-3H3,(H2,20,21,23,25). The lowest BCUT2D eigenvalue weighted by Crippen LogP contribution is -2.41. The molecule has 1 fully saturated rings. The molecule has 0 radical (unpaired) electrons. The van der Waals surface area contributed by atoms with Gasteiger partial charge in [-0.05, 0) is 48.3 Å². The lowest BCUT2D eigenvalue weighted by molar-refractivity contribution is 0.0376. The number of thiocarbonyl (C=S) groups is 1. The van der Waals surface area contributed by atoms with Gasteiger partial charge in [0.2, 0.25) is 0 Å². The van der Waals surface area contributed by atoms with Crippen LogP contribution in [0.2, 0.25) is 0 Å². The van der Waals surface area contributed by atoms with Crippen molar-refractivity contribution in [2.24, 2.45) is 0 Å². The molecule has 2 rings (SSSR count). The smallest absolute Gasteiger partial charge is 0.257 e. The average Bonchev–Trinajstić information content (AvgIpc) is 2.59. The van der Waals surface area contributed by atoms with Crippen LogP contribution >= 0.6 is 12.2 Å². The van der Waals surface area contributed by atoms with Crippen molar-refractivity contribution in [3.8, 4) is 0 Å². The summed E-state index contributed by atoms with van der Waals surface area (Å²) in [4.78, 5) is 14.6. The fraction of sp³-hybridized carbons (Fsp3) is 0.579. The van der Waals surface area contributed by atoms with E-state index in [1.165, 1.54) is 5.56 Å². The molecule has 0 spiro atoms. The highest BCUT2D eigenvalue weighted by Gasteiger charge is 2.15. The molecule has 0 saturated carbocycles. The van der Waals surface area contributed by atoms with Crippen molar-refractivity contribution in [3.63, 3.8) is 0 Å². The fourth-order valence-electron chi connectivity index (χ4n) is 2.67. The van der Waals surface area contributed by atoms with Gasteiger partial charge in [0.15, 0.2) is 5.11 Å². The van der Waals surface area contributed by atoms with E-state index in [-0.39, 0.29) is 11.3 Å². The molecule has 0 bridgehead atoms. The molecule has 0 aromatic heterocycles. The SMILES string of the molecule is CC(C)(C)c1ccc(C(=O)NC(=S)NCCCN2CCOCC2)cc1. The van der Waals surface area contributed by atoms with E-state index in [2.05, 4.69) is 36.3 Å². The Bertz CT molecular complexity index is 575. The quantitative estimate of drug-likeness (QED) is 0.621. The number of rotatable bonds is 5. The van der Waals surface area contributed by atoms with Gasteiger partial charge in [-0.25, -0.2) is 0 Å². The Labute approximate surface area is 156 Å². The number of ether oxygens (including phenoxy) is 1. The van der Waals surface area contributed by atoms with E-state index in [0.29, 0.717) is 10.7 Å². The highest BCUT2D eigenvalue weighted by atomic mass is 32.1. The molecule has 0 atom stereocenters. The Kier molecular flexibility index (Phi) is 7.35. The predicted molar refractivity (Wildman–Crippen MR) is 105 cm³/mol. The number of hydrogen-bond donors (Lipinski definition) is 2. The zero-order valence-electron chi connectivity index (χ0n) is 15.4. The zero-order chi connectivity index (χ0) is 18.3. The van der Waals surface area contributed by atoms with Gasteiger partial charge in [-0.2, -0.15) is 0 Å². The summed E-state index contributed by atoms with van der Waals surface area (Å²) in [5, 5.41) is 6.22. The van der Waals surface area contributed by atoms with E-state index in [9.17, 15) is 4.79 Å². The zero-order valence-corrected chi connectivity index (χ0v) is 16.2. The van der Waals surface area contributed by atoms with E-state index in [1.807, 2.05) is 24.3 Å². The minimum atomic E-state index is -0.175. The van der Waals surface area contributed by atoms with Gasteiger partial charge in [0.05, 0.1) is 13.2 Å². The molecule has 1 amide bonds. The van der Waals surface area contributed by atoms with Gasteiger partial charge in [-0.3, -0.25) is 15.0 Å². The van der Waals surface area contributed by atoms with Crippen LogP contribution in [0.15, 0.2) is 24.3 Å². The molecule has 6 heteroatoms. The first-order valence-electron chi connectivity index (χ1n) is 8.86. The summed E-state index contributed by atoms with van der Waals surface area (Å²) in [6.07, 6.45) is 0.982. The molecule has 1 aliphatic heterocycles. The molecular weight excluding hydrogens is 334 g/mol. The molecule has 1 heterocycles. The van der Waals surface area contributed by atoms with Gasteiger partial charge in [0.1, 0.15) is 0 Å². The summed E-state index contributed by atoms with van der Waals surface area (Å²) >= 11 is 5.21. The summed E-state index contributed by atoms with van der Waals surface area (Å²) in [6, 6.07) is 7.68. The van der Waals surface area contributed by atoms with Crippen molar-refractivity contribution < 1.29 is 9.53 Å². The van der Waals surface area contributed by atoms with Gasteiger partial charge in [0.25, 0.3) is 5.91 Å². The van der Waals surface area contributed by atoms with Crippen molar-refractivity contribution in [2.75, 3.05) is 39.4 Å². The van der Waals surface area contributed by atoms with Crippen LogP contribution in [-0.2, 0) is 10.2 Å². The molecule has 2 N–H and O–H groups in total. The Hall–Kier alpha value is -1.50. The first kappa shape index (κ1) is 19.8. The maximum atomic E-state index is 12.2. The molecule has 138 valence electrons. The van der Waals surface area contributed by atoms with E-state index >= 15 is 0 Å². The van der Waals surface area contributed by atoms with E-state index in [1.54, 1.807) is 0 Å². The minimum Gasteiger partial charge on any atom is -0.379 e. The van der Waals surface area contributed by atoms with Gasteiger partial charge in [-0.1, -0.05) is 32.9 Å². The minimum absolute atomic E-state index is 0.0757. The number of nitrogens with zero attached hydrogens (tertiary/aromatic N) is 1. The first-order chi connectivity index (χ1) is 11.9. The third-order valence-corrected chi connectivity index (χ3v) is 4.53. The average molecular weight is 364 g/mol. The van der Waals surface area contributed by atoms with Crippen LogP contribution in [0.4, 0.5) is 0 Å². The molecule has 1 aliphatic rings. The number of carbonyl (C=O) groups excluding carboxylic acids is 1. The summed E-state index contributed by atoms with van der Waals surface area (Å²) in [7, 11) is 0. The number of amides is 1. The van der Waals surface area contributed by atoms with Crippen molar-refractivity contribution in [2.45, 2.75) is 32.6 Å². The van der Waals surface area contributed by atoms with Gasteiger partial charge < -0.3 is 10.1 Å². The second-order valence-corrected chi connectivity index (χ2v) is 7.75. The van der Waals surface area contributed by atoms with Gasteiger partial charge >= 0.3 is 0 Å². The monoisotopic (exact) mass is 363 g/mol. The molecule has 25 heavy (non-hydrogen) atoms. The number of hydrogen-bond acceptors (Lipinski definition) is 4. The third kappa shape index (κ3) is 6.72. The lowest BCUT2D eigenvalue weighted by Gasteiger charge is -2.26. The number of carbonyl (C=O) groups is 1. The fourth-order valence-corrected chi connectivity index (χ4v) is 2.87. The van der Waals surface area contributed by atoms with Crippen LogP contribution in [-0.4, -0.2) is 55.3 Å². The number of morpholine rings is 1. The molecule has 0 unspecified atom stereocenters. The molecule has 1 saturated heterocycles. The number of nitrogens with one attached hydrogen (secondary N) is 2. The highest BCUT2D eigenvalue weighted by molar-refractivity contribution is 7.80. The second-order valence-electron chi connectivity index (χ2n) is 7.34. The van der Waals surface area contributed by atoms with E-state index in [4.69, 9.17) is 17.0 Å². The lowest BCUT2D eigenvalue weighted by atomic mass is 9.87. The Morgan fingerprint density at radius 2 is 1.84 bits per heavy atom. The molecule has 1 aromatic carbocycles. The molecular formula is C19H29N3O2S. The Morgan fingerprint density at radius 3 is 2.44 bits per heavy atom. The van der Waals surface area contributed by atoms with Crippen molar-refractivity contribution in [1.29, 1.82) is 0 Å². The normalized spacial score (nSPS) is 15.6. The Morgan fingerprint density at radius 1 is 1.20 bits per heavy atom. The summed E-state index contributed by atoms with van der Waals surface area (Å²) in [6.45, 7) is 11.8. The van der Waals surface area contributed by atoms with Gasteiger partial charge in [-0.15, -0.1) is 0 Å².